The van der Waals surface area contributed by atoms with Gasteiger partial charge in [-0.05, 0) is 35.9 Å². The fourth-order valence-corrected chi connectivity index (χ4v) is 2.48. The predicted molar refractivity (Wildman–Crippen MR) is 92.7 cm³/mol. The molecule has 134 valence electrons. The molecule has 7 heteroatoms. The molecule has 2 aromatic carbocycles. The van der Waals surface area contributed by atoms with Crippen molar-refractivity contribution >= 4 is 0 Å². The van der Waals surface area contributed by atoms with E-state index in [1.165, 1.54) is 28.8 Å². The number of ether oxygens (including phenoxy) is 1. The van der Waals surface area contributed by atoms with Crippen LogP contribution >= 0.6 is 0 Å². The largest absolute Gasteiger partial charge is 0.454 e. The third-order valence-corrected chi connectivity index (χ3v) is 3.86. The summed E-state index contributed by atoms with van der Waals surface area (Å²) in [4.78, 5) is 11.6. The number of aromatic nitrogens is 1. The minimum atomic E-state index is -1.21. The average molecular weight is 358 g/mol. The molecule has 0 aliphatic carbocycles. The van der Waals surface area contributed by atoms with Gasteiger partial charge >= 0.3 is 0 Å². The number of halogens is 2. The minimum absolute atomic E-state index is 0.154. The van der Waals surface area contributed by atoms with E-state index < -0.39 is 17.9 Å². The van der Waals surface area contributed by atoms with E-state index >= 15 is 0 Å². The Morgan fingerprint density at radius 1 is 1.08 bits per heavy atom. The van der Waals surface area contributed by atoms with Crippen LogP contribution < -0.4 is 16.0 Å². The molecule has 5 nitrogen and oxygen atoms in total. The Bertz CT molecular complexity index is 1020. The van der Waals surface area contributed by atoms with Gasteiger partial charge in [-0.15, -0.1) is 0 Å². The second-order valence-corrected chi connectivity index (χ2v) is 5.74. The normalized spacial score (nSPS) is 12.0. The molecule has 0 amide bonds. The van der Waals surface area contributed by atoms with Gasteiger partial charge in [0.05, 0.1) is 0 Å². The first-order valence-corrected chi connectivity index (χ1v) is 7.72. The van der Waals surface area contributed by atoms with E-state index in [9.17, 15) is 18.7 Å². The molecule has 0 aliphatic heterocycles. The molecule has 0 saturated carbocycles. The molecule has 3 aromatic rings. The molecular formula is C19H16F2N2O3. The quantitative estimate of drug-likeness (QED) is 0.703. The van der Waals surface area contributed by atoms with Gasteiger partial charge in [0.15, 0.2) is 11.6 Å². The van der Waals surface area contributed by atoms with Crippen molar-refractivity contribution in [3.8, 4) is 22.6 Å². The molecule has 3 N–H and O–H groups in total. The van der Waals surface area contributed by atoms with E-state index in [1.807, 2.05) is 0 Å². The lowest BCUT2D eigenvalue weighted by Crippen LogP contribution is -2.14. The molecule has 3 rings (SSSR count). The fourth-order valence-electron chi connectivity index (χ4n) is 2.48. The number of aliphatic hydroxyl groups excluding tert-OH is 1. The predicted octanol–water partition coefficient (Wildman–Crippen LogP) is 3.07. The van der Waals surface area contributed by atoms with Crippen LogP contribution in [-0.2, 0) is 7.05 Å². The van der Waals surface area contributed by atoms with Crippen LogP contribution in [-0.4, -0.2) is 9.67 Å². The highest BCUT2D eigenvalue weighted by Crippen LogP contribution is 2.35. The molecule has 1 unspecified atom stereocenters. The van der Waals surface area contributed by atoms with Crippen molar-refractivity contribution in [2.24, 2.45) is 12.8 Å². The number of hydrogen-bond donors (Lipinski definition) is 2. The zero-order chi connectivity index (χ0) is 18.8. The zero-order valence-corrected chi connectivity index (χ0v) is 13.8. The van der Waals surface area contributed by atoms with Crippen LogP contribution in [0.2, 0.25) is 0 Å². The molecule has 0 fully saturated rings. The summed E-state index contributed by atoms with van der Waals surface area (Å²) in [5, 5.41) is 9.63. The summed E-state index contributed by atoms with van der Waals surface area (Å²) in [6.45, 7) is 0. The van der Waals surface area contributed by atoms with Crippen molar-refractivity contribution < 1.29 is 18.6 Å². The van der Waals surface area contributed by atoms with Crippen LogP contribution in [0.1, 0.15) is 11.8 Å². The van der Waals surface area contributed by atoms with E-state index in [-0.39, 0.29) is 17.1 Å². The molecule has 0 spiro atoms. The summed E-state index contributed by atoms with van der Waals surface area (Å²) >= 11 is 0. The Balaban J connectivity index is 2.12. The Morgan fingerprint density at radius 2 is 1.81 bits per heavy atom. The lowest BCUT2D eigenvalue weighted by Gasteiger charge is -2.15. The topological polar surface area (TPSA) is 77.5 Å². The maximum Gasteiger partial charge on any atom is 0.250 e. The summed E-state index contributed by atoms with van der Waals surface area (Å²) in [5.74, 6) is -1.45. The molecule has 1 aromatic heterocycles. The second-order valence-electron chi connectivity index (χ2n) is 5.74. The summed E-state index contributed by atoms with van der Waals surface area (Å²) in [6.07, 6.45) is 0.371. The number of nitrogens with two attached hydrogens (primary N) is 1. The monoisotopic (exact) mass is 358 g/mol. The van der Waals surface area contributed by atoms with E-state index in [0.717, 1.165) is 12.1 Å². The Hall–Kier alpha value is -3.03. The summed E-state index contributed by atoms with van der Waals surface area (Å²) < 4.78 is 34.0. The Labute approximate surface area is 147 Å². The van der Waals surface area contributed by atoms with E-state index in [0.29, 0.717) is 16.7 Å². The van der Waals surface area contributed by atoms with Gasteiger partial charge in [-0.25, -0.2) is 8.78 Å². The third kappa shape index (κ3) is 3.63. The highest BCUT2D eigenvalue weighted by molar-refractivity contribution is 5.71. The summed E-state index contributed by atoms with van der Waals surface area (Å²) in [5.41, 5.74) is 6.83. The Morgan fingerprint density at radius 3 is 2.46 bits per heavy atom. The number of hydrogen-bond acceptors (Lipinski definition) is 4. The van der Waals surface area contributed by atoms with Crippen molar-refractivity contribution in [3.63, 3.8) is 0 Å². The van der Waals surface area contributed by atoms with Gasteiger partial charge in [-0.3, -0.25) is 4.79 Å². The van der Waals surface area contributed by atoms with Crippen LogP contribution in [0.15, 0.2) is 59.5 Å². The van der Waals surface area contributed by atoms with Crippen LogP contribution in [0, 0.1) is 11.6 Å². The first-order valence-electron chi connectivity index (χ1n) is 7.72. The van der Waals surface area contributed by atoms with Crippen molar-refractivity contribution in [2.45, 2.75) is 6.23 Å². The molecule has 0 radical (unpaired) electrons. The van der Waals surface area contributed by atoms with Crippen LogP contribution in [0.25, 0.3) is 11.1 Å². The molecule has 0 saturated heterocycles. The maximum absolute atomic E-state index is 13.9. The highest BCUT2D eigenvalue weighted by Gasteiger charge is 2.14. The van der Waals surface area contributed by atoms with Gasteiger partial charge in [0.2, 0.25) is 5.56 Å². The van der Waals surface area contributed by atoms with E-state index in [4.69, 9.17) is 10.5 Å². The number of benzene rings is 2. The van der Waals surface area contributed by atoms with Gasteiger partial charge in [-0.2, -0.15) is 0 Å². The van der Waals surface area contributed by atoms with Gasteiger partial charge in [0, 0.05) is 36.5 Å². The van der Waals surface area contributed by atoms with Gasteiger partial charge in [-0.1, -0.05) is 6.07 Å². The standard InChI is InChI=1S/C19H16F2N2O3/c1-23-10-12(3-7-18(23)24)14-8-11(19(22)25)2-5-16(14)26-17-6-4-13(20)9-15(17)21/h2-10,19,25H,22H2,1H3. The second kappa shape index (κ2) is 7.07. The molecular weight excluding hydrogens is 342 g/mol. The lowest BCUT2D eigenvalue weighted by molar-refractivity contribution is 0.186. The van der Waals surface area contributed by atoms with E-state index in [2.05, 4.69) is 0 Å². The molecule has 0 bridgehead atoms. The molecule has 26 heavy (non-hydrogen) atoms. The number of nitrogens with zero attached hydrogens (tertiary/aromatic N) is 1. The third-order valence-electron chi connectivity index (χ3n) is 3.86. The Kier molecular flexibility index (Phi) is 4.83. The first-order chi connectivity index (χ1) is 12.3. The smallest absolute Gasteiger partial charge is 0.250 e. The van der Waals surface area contributed by atoms with Crippen molar-refractivity contribution in [3.05, 3.63) is 82.3 Å². The van der Waals surface area contributed by atoms with Crippen LogP contribution in [0.3, 0.4) is 0 Å². The lowest BCUT2D eigenvalue weighted by atomic mass is 10.0. The summed E-state index contributed by atoms with van der Waals surface area (Å²) in [7, 11) is 1.59. The first kappa shape index (κ1) is 17.8. The zero-order valence-electron chi connectivity index (χ0n) is 13.8. The van der Waals surface area contributed by atoms with E-state index in [1.54, 1.807) is 25.4 Å². The van der Waals surface area contributed by atoms with Gasteiger partial charge in [0.25, 0.3) is 0 Å². The van der Waals surface area contributed by atoms with Crippen LogP contribution in [0.5, 0.6) is 11.5 Å². The van der Waals surface area contributed by atoms with Crippen molar-refractivity contribution in [1.82, 2.24) is 4.57 Å². The highest BCUT2D eigenvalue weighted by atomic mass is 19.1. The maximum atomic E-state index is 13.9. The van der Waals surface area contributed by atoms with Gasteiger partial charge < -0.3 is 20.1 Å². The average Bonchev–Trinajstić information content (AvgIpc) is 2.60. The summed E-state index contributed by atoms with van der Waals surface area (Å²) in [6, 6.07) is 10.6. The van der Waals surface area contributed by atoms with Crippen LogP contribution in [0.4, 0.5) is 8.78 Å². The minimum Gasteiger partial charge on any atom is -0.454 e. The number of aliphatic hydroxyl groups is 1. The molecule has 0 aliphatic rings. The molecule has 1 heterocycles. The molecule has 1 atom stereocenters. The number of aryl methyl sites for hydroxylation is 1. The SMILES string of the molecule is Cn1cc(-c2cc(C(N)O)ccc2Oc2ccc(F)cc2F)ccc1=O. The fraction of sp³-hybridized carbons (Fsp3) is 0.105. The number of rotatable bonds is 4. The van der Waals surface area contributed by atoms with Crippen molar-refractivity contribution in [1.29, 1.82) is 0 Å². The van der Waals surface area contributed by atoms with Crippen molar-refractivity contribution in [2.75, 3.05) is 0 Å². The van der Waals surface area contributed by atoms with Gasteiger partial charge in [0.1, 0.15) is 17.8 Å². The number of pyridine rings is 1.